The lowest BCUT2D eigenvalue weighted by atomic mass is 9.89. The second-order valence-corrected chi connectivity index (χ2v) is 8.22. The number of hydrogen-bond acceptors (Lipinski definition) is 5. The molecule has 26 heavy (non-hydrogen) atoms. The Morgan fingerprint density at radius 1 is 1.27 bits per heavy atom. The SMILES string of the molecule is C[C@@H]1CCc2c(sc3ncnc(NCCc4nc5ccccc5[nH]4)c23)C1. The molecule has 132 valence electrons. The number of nitrogens with zero attached hydrogens (tertiary/aromatic N) is 3. The number of anilines is 1. The standard InChI is InChI=1S/C20H21N5S/c1-12-6-7-13-16(10-12)26-20-18(13)19(22-11-23-20)21-9-8-17-24-14-4-2-3-5-15(14)25-17/h2-5,11-12H,6-10H2,1H3,(H,24,25)(H,21,22,23)/t12-/m1/s1. The molecule has 3 aromatic heterocycles. The summed E-state index contributed by atoms with van der Waals surface area (Å²) in [6, 6.07) is 8.14. The first-order valence-corrected chi connectivity index (χ1v) is 10.0. The van der Waals surface area contributed by atoms with E-state index in [4.69, 9.17) is 0 Å². The van der Waals surface area contributed by atoms with Crippen LogP contribution in [0.4, 0.5) is 5.82 Å². The first kappa shape index (κ1) is 15.8. The minimum atomic E-state index is 0.771. The van der Waals surface area contributed by atoms with E-state index in [1.807, 2.05) is 29.5 Å². The number of aryl methyl sites for hydroxylation is 1. The van der Waals surface area contributed by atoms with Crippen LogP contribution in [0.15, 0.2) is 30.6 Å². The third-order valence-electron chi connectivity index (χ3n) is 5.18. The van der Waals surface area contributed by atoms with Crippen LogP contribution in [0.2, 0.25) is 0 Å². The van der Waals surface area contributed by atoms with E-state index in [2.05, 4.69) is 38.2 Å². The summed E-state index contributed by atoms with van der Waals surface area (Å²) in [6.07, 6.45) is 6.09. The second-order valence-electron chi connectivity index (χ2n) is 7.13. The molecule has 1 aliphatic rings. The molecule has 0 saturated heterocycles. The molecule has 0 unspecified atom stereocenters. The zero-order valence-corrected chi connectivity index (χ0v) is 15.6. The highest BCUT2D eigenvalue weighted by molar-refractivity contribution is 7.19. The molecule has 0 amide bonds. The van der Waals surface area contributed by atoms with E-state index in [9.17, 15) is 0 Å². The maximum atomic E-state index is 4.65. The van der Waals surface area contributed by atoms with Crippen molar-refractivity contribution < 1.29 is 0 Å². The normalized spacial score (nSPS) is 16.9. The van der Waals surface area contributed by atoms with Gasteiger partial charge in [0, 0.05) is 17.8 Å². The Bertz CT molecular complexity index is 1050. The van der Waals surface area contributed by atoms with Crippen molar-refractivity contribution in [2.24, 2.45) is 5.92 Å². The lowest BCUT2D eigenvalue weighted by molar-refractivity contribution is 0.509. The highest BCUT2D eigenvalue weighted by atomic mass is 32.1. The summed E-state index contributed by atoms with van der Waals surface area (Å²) in [7, 11) is 0. The van der Waals surface area contributed by atoms with Crippen LogP contribution < -0.4 is 5.32 Å². The highest BCUT2D eigenvalue weighted by Gasteiger charge is 2.22. The Labute approximate surface area is 155 Å². The molecule has 1 aliphatic carbocycles. The molecule has 1 aromatic carbocycles. The number of benzene rings is 1. The number of para-hydroxylation sites is 2. The minimum absolute atomic E-state index is 0.771. The van der Waals surface area contributed by atoms with Crippen molar-refractivity contribution >= 4 is 38.4 Å². The molecule has 5 nitrogen and oxygen atoms in total. The van der Waals surface area contributed by atoms with Gasteiger partial charge in [-0.3, -0.25) is 0 Å². The largest absolute Gasteiger partial charge is 0.369 e. The number of aromatic amines is 1. The van der Waals surface area contributed by atoms with Gasteiger partial charge < -0.3 is 10.3 Å². The molecule has 3 heterocycles. The van der Waals surface area contributed by atoms with Crippen LogP contribution in [-0.2, 0) is 19.3 Å². The topological polar surface area (TPSA) is 66.5 Å². The van der Waals surface area contributed by atoms with Crippen LogP contribution in [0, 0.1) is 5.92 Å². The van der Waals surface area contributed by atoms with Crippen molar-refractivity contribution in [2.45, 2.75) is 32.6 Å². The van der Waals surface area contributed by atoms with Crippen LogP contribution >= 0.6 is 11.3 Å². The average molecular weight is 363 g/mol. The fourth-order valence-electron chi connectivity index (χ4n) is 3.83. The van der Waals surface area contributed by atoms with Crippen LogP contribution in [0.1, 0.15) is 29.6 Å². The molecule has 0 fully saturated rings. The van der Waals surface area contributed by atoms with Crippen LogP contribution in [-0.4, -0.2) is 26.5 Å². The molecule has 0 spiro atoms. The number of thiophene rings is 1. The zero-order valence-electron chi connectivity index (χ0n) is 14.7. The van der Waals surface area contributed by atoms with E-state index in [1.54, 1.807) is 6.33 Å². The van der Waals surface area contributed by atoms with Gasteiger partial charge >= 0.3 is 0 Å². The molecule has 5 rings (SSSR count). The van der Waals surface area contributed by atoms with Gasteiger partial charge in [0.15, 0.2) is 0 Å². The van der Waals surface area contributed by atoms with E-state index < -0.39 is 0 Å². The van der Waals surface area contributed by atoms with Gasteiger partial charge in [0.25, 0.3) is 0 Å². The van der Waals surface area contributed by atoms with E-state index >= 15 is 0 Å². The van der Waals surface area contributed by atoms with Gasteiger partial charge in [0.05, 0.1) is 16.4 Å². The van der Waals surface area contributed by atoms with Gasteiger partial charge in [-0.05, 0) is 42.9 Å². The first-order chi connectivity index (χ1) is 12.8. The molecule has 1 atom stereocenters. The van der Waals surface area contributed by atoms with E-state index in [0.717, 1.165) is 52.8 Å². The average Bonchev–Trinajstić information content (AvgIpc) is 3.22. The summed E-state index contributed by atoms with van der Waals surface area (Å²) in [5, 5.41) is 4.76. The molecular weight excluding hydrogens is 342 g/mol. The van der Waals surface area contributed by atoms with Crippen molar-refractivity contribution in [1.29, 1.82) is 0 Å². The molecule has 0 aliphatic heterocycles. The van der Waals surface area contributed by atoms with Gasteiger partial charge in [-0.25, -0.2) is 15.0 Å². The smallest absolute Gasteiger partial charge is 0.138 e. The van der Waals surface area contributed by atoms with E-state index in [0.29, 0.717) is 0 Å². The molecule has 6 heteroatoms. The third kappa shape index (κ3) is 2.74. The number of aromatic nitrogens is 4. The predicted octanol–water partition coefficient (Wildman–Crippen LogP) is 4.35. The van der Waals surface area contributed by atoms with Gasteiger partial charge in [-0.15, -0.1) is 11.3 Å². The summed E-state index contributed by atoms with van der Waals surface area (Å²) < 4.78 is 0. The van der Waals surface area contributed by atoms with Gasteiger partial charge in [-0.2, -0.15) is 0 Å². The van der Waals surface area contributed by atoms with Gasteiger partial charge in [0.2, 0.25) is 0 Å². The molecule has 0 saturated carbocycles. The monoisotopic (exact) mass is 363 g/mol. The van der Waals surface area contributed by atoms with Crippen molar-refractivity contribution in [3.8, 4) is 0 Å². The summed E-state index contributed by atoms with van der Waals surface area (Å²) in [4.78, 5) is 19.7. The Morgan fingerprint density at radius 2 is 2.19 bits per heavy atom. The molecule has 4 aromatic rings. The van der Waals surface area contributed by atoms with Gasteiger partial charge in [-0.1, -0.05) is 19.1 Å². The van der Waals surface area contributed by atoms with Crippen molar-refractivity contribution in [2.75, 3.05) is 11.9 Å². The van der Waals surface area contributed by atoms with Crippen molar-refractivity contribution in [3.05, 3.63) is 46.9 Å². The number of nitrogens with one attached hydrogen (secondary N) is 2. The Hall–Kier alpha value is -2.47. The number of H-pyrrole nitrogens is 1. The third-order valence-corrected chi connectivity index (χ3v) is 6.35. The fourth-order valence-corrected chi connectivity index (χ4v) is 5.18. The van der Waals surface area contributed by atoms with Crippen molar-refractivity contribution in [1.82, 2.24) is 19.9 Å². The second kappa shape index (κ2) is 6.36. The number of imidazole rings is 1. The first-order valence-electron chi connectivity index (χ1n) is 9.20. The maximum Gasteiger partial charge on any atom is 0.138 e. The quantitative estimate of drug-likeness (QED) is 0.566. The zero-order chi connectivity index (χ0) is 17.5. The predicted molar refractivity (Wildman–Crippen MR) is 107 cm³/mol. The van der Waals surface area contributed by atoms with E-state index in [1.165, 1.54) is 28.7 Å². The molecular formula is C20H21N5S. The molecule has 0 bridgehead atoms. The fraction of sp³-hybridized carbons (Fsp3) is 0.350. The van der Waals surface area contributed by atoms with Gasteiger partial charge in [0.1, 0.15) is 22.8 Å². The Kier molecular flexibility index (Phi) is 3.85. The highest BCUT2D eigenvalue weighted by Crippen LogP contribution is 2.39. The summed E-state index contributed by atoms with van der Waals surface area (Å²) in [6.45, 7) is 3.14. The lowest BCUT2D eigenvalue weighted by Crippen LogP contribution is -2.10. The summed E-state index contributed by atoms with van der Waals surface area (Å²) in [5.41, 5.74) is 3.58. The van der Waals surface area contributed by atoms with Crippen LogP contribution in [0.3, 0.4) is 0 Å². The Balaban J connectivity index is 1.37. The van der Waals surface area contributed by atoms with Crippen molar-refractivity contribution in [3.63, 3.8) is 0 Å². The Morgan fingerprint density at radius 3 is 3.12 bits per heavy atom. The molecule has 0 radical (unpaired) electrons. The maximum absolute atomic E-state index is 4.65. The number of hydrogen-bond donors (Lipinski definition) is 2. The van der Waals surface area contributed by atoms with Crippen LogP contribution in [0.25, 0.3) is 21.3 Å². The summed E-state index contributed by atoms with van der Waals surface area (Å²) >= 11 is 1.84. The molecule has 2 N–H and O–H groups in total. The minimum Gasteiger partial charge on any atom is -0.369 e. The summed E-state index contributed by atoms with van der Waals surface area (Å²) in [5.74, 6) is 2.75. The van der Waals surface area contributed by atoms with E-state index in [-0.39, 0.29) is 0 Å². The number of rotatable bonds is 4. The van der Waals surface area contributed by atoms with Crippen LogP contribution in [0.5, 0.6) is 0 Å². The lowest BCUT2D eigenvalue weighted by Gasteiger charge is -2.18. The number of fused-ring (bicyclic) bond motifs is 4.